The summed E-state index contributed by atoms with van der Waals surface area (Å²) in [5, 5.41) is 14.3. The highest BCUT2D eigenvalue weighted by molar-refractivity contribution is 7.99. The average Bonchev–Trinajstić information content (AvgIpc) is 2.78. The van der Waals surface area contributed by atoms with Crippen LogP contribution in [-0.4, -0.2) is 50.2 Å². The van der Waals surface area contributed by atoms with Crippen molar-refractivity contribution in [2.45, 2.75) is 38.5 Å². The third-order valence-corrected chi connectivity index (χ3v) is 3.81. The molecule has 2 heterocycles. The van der Waals surface area contributed by atoms with E-state index in [9.17, 15) is 5.11 Å². The first-order chi connectivity index (χ1) is 8.31. The number of rotatable bonds is 5. The molecule has 0 aliphatic carbocycles. The number of aromatic nitrogens is 3. The largest absolute Gasteiger partial charge is 0.390 e. The fraction of sp³-hybridized carbons (Fsp3) is 0.818. The van der Waals surface area contributed by atoms with E-state index in [1.165, 1.54) is 0 Å². The molecule has 6 heteroatoms. The molecule has 5 nitrogen and oxygen atoms in total. The lowest BCUT2D eigenvalue weighted by Crippen LogP contribution is -2.37. The van der Waals surface area contributed by atoms with Crippen molar-refractivity contribution in [2.24, 2.45) is 0 Å². The van der Waals surface area contributed by atoms with Crippen molar-refractivity contribution >= 4 is 11.8 Å². The van der Waals surface area contributed by atoms with Crippen molar-refractivity contribution < 1.29 is 9.84 Å². The Kier molecular flexibility index (Phi) is 4.82. The highest BCUT2D eigenvalue weighted by Crippen LogP contribution is 2.17. The van der Waals surface area contributed by atoms with E-state index in [4.69, 9.17) is 4.74 Å². The number of aliphatic hydroxyl groups excluding tert-OH is 1. The van der Waals surface area contributed by atoms with Gasteiger partial charge in [0.2, 0.25) is 0 Å². The molecule has 0 radical (unpaired) electrons. The molecule has 1 aliphatic heterocycles. The van der Waals surface area contributed by atoms with Gasteiger partial charge in [-0.1, -0.05) is 6.92 Å². The Balaban J connectivity index is 1.92. The maximum absolute atomic E-state index is 10.1. The highest BCUT2D eigenvalue weighted by atomic mass is 32.2. The lowest BCUT2D eigenvalue weighted by Gasteiger charge is -2.26. The summed E-state index contributed by atoms with van der Waals surface area (Å²) in [6.45, 7) is 3.68. The molecule has 0 bridgehead atoms. The zero-order valence-electron chi connectivity index (χ0n) is 10.1. The summed E-state index contributed by atoms with van der Waals surface area (Å²) in [6, 6.07) is 0. The maximum Gasteiger partial charge on any atom is 0.138 e. The molecule has 1 aromatic rings. The summed E-state index contributed by atoms with van der Waals surface area (Å²) in [4.78, 5) is 4.20. The molecule has 96 valence electrons. The minimum absolute atomic E-state index is 0.0690. The van der Waals surface area contributed by atoms with Crippen molar-refractivity contribution in [3.05, 3.63) is 12.2 Å². The monoisotopic (exact) mass is 257 g/mol. The third-order valence-electron chi connectivity index (χ3n) is 2.79. The van der Waals surface area contributed by atoms with Gasteiger partial charge in [-0.15, -0.1) is 0 Å². The summed E-state index contributed by atoms with van der Waals surface area (Å²) < 4.78 is 7.42. The number of hydrogen-bond donors (Lipinski definition) is 1. The third kappa shape index (κ3) is 3.43. The topological polar surface area (TPSA) is 60.2 Å². The number of ether oxygens (including phenoxy) is 1. The Bertz CT molecular complexity index is 339. The van der Waals surface area contributed by atoms with E-state index in [2.05, 4.69) is 17.0 Å². The van der Waals surface area contributed by atoms with Crippen LogP contribution in [0, 0.1) is 0 Å². The van der Waals surface area contributed by atoms with E-state index in [1.807, 2.05) is 16.4 Å². The summed E-state index contributed by atoms with van der Waals surface area (Å²) in [5.74, 6) is 2.73. The second-order valence-corrected chi connectivity index (χ2v) is 5.30. The van der Waals surface area contributed by atoms with Crippen LogP contribution in [0.4, 0.5) is 0 Å². The quantitative estimate of drug-likeness (QED) is 0.842. The van der Waals surface area contributed by atoms with Gasteiger partial charge in [0.15, 0.2) is 0 Å². The Morgan fingerprint density at radius 3 is 3.29 bits per heavy atom. The Labute approximate surface area is 106 Å². The molecule has 0 amide bonds. The number of hydrogen-bond acceptors (Lipinski definition) is 5. The Hall–Kier alpha value is -0.590. The van der Waals surface area contributed by atoms with Gasteiger partial charge in [0.25, 0.3) is 0 Å². The molecule has 0 aromatic carbocycles. The van der Waals surface area contributed by atoms with Gasteiger partial charge in [-0.05, 0) is 6.42 Å². The molecule has 1 aliphatic rings. The molecule has 1 saturated heterocycles. The van der Waals surface area contributed by atoms with Gasteiger partial charge in [-0.2, -0.15) is 16.9 Å². The molecule has 1 fully saturated rings. The Morgan fingerprint density at radius 1 is 1.71 bits per heavy atom. The van der Waals surface area contributed by atoms with Crippen LogP contribution in [0.25, 0.3) is 0 Å². The van der Waals surface area contributed by atoms with Gasteiger partial charge < -0.3 is 9.84 Å². The van der Waals surface area contributed by atoms with Crippen LogP contribution in [-0.2, 0) is 17.7 Å². The fourth-order valence-electron chi connectivity index (χ4n) is 1.89. The molecular formula is C11H19N3O2S. The summed E-state index contributed by atoms with van der Waals surface area (Å²) in [7, 11) is 0. The number of nitrogens with zero attached hydrogens (tertiary/aromatic N) is 3. The summed E-state index contributed by atoms with van der Waals surface area (Å²) in [6.07, 6.45) is 2.53. The number of aryl methyl sites for hydroxylation is 1. The Morgan fingerprint density at radius 2 is 2.59 bits per heavy atom. The van der Waals surface area contributed by atoms with Crippen molar-refractivity contribution in [1.82, 2.24) is 14.8 Å². The van der Waals surface area contributed by atoms with Crippen molar-refractivity contribution in [3.8, 4) is 0 Å². The van der Waals surface area contributed by atoms with E-state index in [1.54, 1.807) is 6.33 Å². The van der Waals surface area contributed by atoms with E-state index in [0.29, 0.717) is 6.42 Å². The molecule has 1 N–H and O–H groups in total. The first-order valence-electron chi connectivity index (χ1n) is 6.05. The van der Waals surface area contributed by atoms with Crippen LogP contribution in [0.3, 0.4) is 0 Å². The minimum atomic E-state index is -0.484. The molecule has 17 heavy (non-hydrogen) atoms. The van der Waals surface area contributed by atoms with Gasteiger partial charge in [0.05, 0.1) is 18.8 Å². The van der Waals surface area contributed by atoms with Gasteiger partial charge in [-0.3, -0.25) is 4.68 Å². The molecule has 2 unspecified atom stereocenters. The van der Waals surface area contributed by atoms with Crippen LogP contribution in [0.5, 0.6) is 0 Å². The van der Waals surface area contributed by atoms with Gasteiger partial charge in [0, 0.05) is 24.5 Å². The number of thioether (sulfide) groups is 1. The standard InChI is InChI=1S/C11H19N3O2S/c1-2-3-14-11(12-8-13-14)6-9(15)10-7-17-5-4-16-10/h8-10,15H,2-7H2,1H3. The summed E-state index contributed by atoms with van der Waals surface area (Å²) in [5.41, 5.74) is 0. The molecule has 2 atom stereocenters. The lowest BCUT2D eigenvalue weighted by atomic mass is 10.1. The van der Waals surface area contributed by atoms with E-state index in [-0.39, 0.29) is 6.10 Å². The van der Waals surface area contributed by atoms with E-state index in [0.717, 1.165) is 36.9 Å². The minimum Gasteiger partial charge on any atom is -0.390 e. The zero-order chi connectivity index (χ0) is 12.1. The fourth-order valence-corrected chi connectivity index (χ4v) is 2.82. The van der Waals surface area contributed by atoms with Gasteiger partial charge in [-0.25, -0.2) is 4.98 Å². The van der Waals surface area contributed by atoms with Crippen LogP contribution < -0.4 is 0 Å². The first-order valence-corrected chi connectivity index (χ1v) is 7.20. The van der Waals surface area contributed by atoms with Gasteiger partial charge in [0.1, 0.15) is 12.2 Å². The zero-order valence-corrected chi connectivity index (χ0v) is 10.9. The normalized spacial score (nSPS) is 22.6. The molecular weight excluding hydrogens is 238 g/mol. The van der Waals surface area contributed by atoms with E-state index >= 15 is 0 Å². The second kappa shape index (κ2) is 6.37. The first kappa shape index (κ1) is 12.9. The predicted molar refractivity (Wildman–Crippen MR) is 67.1 cm³/mol. The smallest absolute Gasteiger partial charge is 0.138 e. The lowest BCUT2D eigenvalue weighted by molar-refractivity contribution is -0.0219. The SMILES string of the molecule is CCCn1ncnc1CC(O)C1CSCCO1. The van der Waals surface area contributed by atoms with Gasteiger partial charge >= 0.3 is 0 Å². The van der Waals surface area contributed by atoms with Crippen LogP contribution in [0.2, 0.25) is 0 Å². The van der Waals surface area contributed by atoms with Crippen LogP contribution in [0.15, 0.2) is 6.33 Å². The van der Waals surface area contributed by atoms with E-state index < -0.39 is 6.10 Å². The maximum atomic E-state index is 10.1. The molecule has 0 spiro atoms. The number of aliphatic hydroxyl groups is 1. The summed E-state index contributed by atoms with van der Waals surface area (Å²) >= 11 is 1.83. The predicted octanol–water partition coefficient (Wildman–Crippen LogP) is 0.724. The molecule has 2 rings (SSSR count). The van der Waals surface area contributed by atoms with Crippen LogP contribution >= 0.6 is 11.8 Å². The van der Waals surface area contributed by atoms with Crippen molar-refractivity contribution in [3.63, 3.8) is 0 Å². The molecule has 1 aromatic heterocycles. The molecule has 0 saturated carbocycles. The van der Waals surface area contributed by atoms with Crippen molar-refractivity contribution in [2.75, 3.05) is 18.1 Å². The van der Waals surface area contributed by atoms with Crippen LogP contribution in [0.1, 0.15) is 19.2 Å². The second-order valence-electron chi connectivity index (χ2n) is 4.16. The average molecular weight is 257 g/mol. The highest BCUT2D eigenvalue weighted by Gasteiger charge is 2.24. The van der Waals surface area contributed by atoms with Crippen molar-refractivity contribution in [1.29, 1.82) is 0 Å².